The number of likely N-dealkylation sites (tertiary alicyclic amines) is 1. The first-order valence-corrected chi connectivity index (χ1v) is 8.25. The molecule has 24 heavy (non-hydrogen) atoms. The van der Waals surface area contributed by atoms with Crippen LogP contribution in [0.15, 0.2) is 54.9 Å². The second-order valence-electron chi connectivity index (χ2n) is 6.47. The molecule has 0 unspecified atom stereocenters. The summed E-state index contributed by atoms with van der Waals surface area (Å²) in [4.78, 5) is 23.0. The highest BCUT2D eigenvalue weighted by molar-refractivity contribution is 5.95. The SMILES string of the molecule is Cc1ccccc1CC1CN(C(=O)c2ccc3ccncc3n2)C1. The highest BCUT2D eigenvalue weighted by Gasteiger charge is 2.32. The Morgan fingerprint density at radius 2 is 2.00 bits per heavy atom. The highest BCUT2D eigenvalue weighted by atomic mass is 16.2. The number of hydrogen-bond donors (Lipinski definition) is 0. The van der Waals surface area contributed by atoms with Crippen molar-refractivity contribution in [3.05, 3.63) is 71.7 Å². The fourth-order valence-electron chi connectivity index (χ4n) is 3.26. The van der Waals surface area contributed by atoms with E-state index >= 15 is 0 Å². The number of amides is 1. The van der Waals surface area contributed by atoms with Gasteiger partial charge < -0.3 is 4.90 Å². The average Bonchev–Trinajstić information content (AvgIpc) is 2.58. The molecular weight excluding hydrogens is 298 g/mol. The summed E-state index contributed by atoms with van der Waals surface area (Å²) in [6.07, 6.45) is 4.46. The molecule has 0 aliphatic carbocycles. The van der Waals surface area contributed by atoms with Gasteiger partial charge in [-0.3, -0.25) is 9.78 Å². The minimum Gasteiger partial charge on any atom is -0.337 e. The van der Waals surface area contributed by atoms with Gasteiger partial charge >= 0.3 is 0 Å². The van der Waals surface area contributed by atoms with Crippen LogP contribution in [-0.4, -0.2) is 33.9 Å². The molecule has 1 amide bonds. The molecule has 1 saturated heterocycles. The molecule has 120 valence electrons. The Bertz CT molecular complexity index is 900. The van der Waals surface area contributed by atoms with Gasteiger partial charge in [0.05, 0.1) is 11.7 Å². The molecular formula is C20H19N3O. The van der Waals surface area contributed by atoms with Gasteiger partial charge in [0, 0.05) is 24.7 Å². The molecule has 1 aromatic carbocycles. The molecule has 0 atom stereocenters. The summed E-state index contributed by atoms with van der Waals surface area (Å²) in [6.45, 7) is 3.75. The molecule has 3 aromatic rings. The number of nitrogens with zero attached hydrogens (tertiary/aromatic N) is 3. The van der Waals surface area contributed by atoms with Crippen molar-refractivity contribution in [2.75, 3.05) is 13.1 Å². The number of carbonyl (C=O) groups excluding carboxylic acids is 1. The number of pyridine rings is 2. The maximum atomic E-state index is 12.6. The van der Waals surface area contributed by atoms with Gasteiger partial charge in [-0.05, 0) is 42.5 Å². The lowest BCUT2D eigenvalue weighted by molar-refractivity contribution is 0.0495. The molecule has 0 radical (unpaired) electrons. The largest absolute Gasteiger partial charge is 0.337 e. The van der Waals surface area contributed by atoms with Crippen LogP contribution >= 0.6 is 0 Å². The van der Waals surface area contributed by atoms with Crippen molar-refractivity contribution in [2.24, 2.45) is 5.92 Å². The molecule has 3 heterocycles. The van der Waals surface area contributed by atoms with Crippen molar-refractivity contribution in [1.29, 1.82) is 0 Å². The Morgan fingerprint density at radius 1 is 1.17 bits per heavy atom. The molecule has 4 heteroatoms. The van der Waals surface area contributed by atoms with E-state index in [-0.39, 0.29) is 5.91 Å². The van der Waals surface area contributed by atoms with Gasteiger partial charge in [-0.2, -0.15) is 0 Å². The molecule has 0 spiro atoms. The summed E-state index contributed by atoms with van der Waals surface area (Å²) in [5.41, 5.74) is 3.97. The fraction of sp³-hybridized carbons (Fsp3) is 0.250. The fourth-order valence-corrected chi connectivity index (χ4v) is 3.26. The van der Waals surface area contributed by atoms with Crippen LogP contribution in [0.2, 0.25) is 0 Å². The summed E-state index contributed by atoms with van der Waals surface area (Å²) in [6, 6.07) is 14.1. The van der Waals surface area contributed by atoms with E-state index in [4.69, 9.17) is 0 Å². The zero-order valence-corrected chi connectivity index (χ0v) is 13.6. The van der Waals surface area contributed by atoms with Crippen molar-refractivity contribution in [1.82, 2.24) is 14.9 Å². The Labute approximate surface area is 141 Å². The maximum absolute atomic E-state index is 12.6. The minimum absolute atomic E-state index is 0.0155. The zero-order chi connectivity index (χ0) is 16.5. The molecule has 1 aliphatic heterocycles. The third-order valence-electron chi connectivity index (χ3n) is 4.73. The molecule has 0 bridgehead atoms. The monoisotopic (exact) mass is 317 g/mol. The molecule has 1 fully saturated rings. The van der Waals surface area contributed by atoms with Crippen LogP contribution in [0.5, 0.6) is 0 Å². The second-order valence-corrected chi connectivity index (χ2v) is 6.47. The van der Waals surface area contributed by atoms with Gasteiger partial charge in [0.15, 0.2) is 0 Å². The molecule has 4 nitrogen and oxygen atoms in total. The first kappa shape index (κ1) is 14.8. The Balaban J connectivity index is 1.42. The molecule has 1 aliphatic rings. The second kappa shape index (κ2) is 6.04. The lowest BCUT2D eigenvalue weighted by atomic mass is 9.90. The summed E-state index contributed by atoms with van der Waals surface area (Å²) in [5, 5.41) is 1.00. The van der Waals surface area contributed by atoms with E-state index in [9.17, 15) is 4.79 Å². The third-order valence-corrected chi connectivity index (χ3v) is 4.73. The number of aromatic nitrogens is 2. The van der Waals surface area contributed by atoms with Crippen molar-refractivity contribution < 1.29 is 4.79 Å². The van der Waals surface area contributed by atoms with Crippen LogP contribution in [0.4, 0.5) is 0 Å². The van der Waals surface area contributed by atoms with Crippen molar-refractivity contribution in [3.8, 4) is 0 Å². The molecule has 2 aromatic heterocycles. The average molecular weight is 317 g/mol. The lowest BCUT2D eigenvalue weighted by Gasteiger charge is -2.39. The number of carbonyl (C=O) groups is 1. The van der Waals surface area contributed by atoms with E-state index in [1.54, 1.807) is 18.5 Å². The summed E-state index contributed by atoms with van der Waals surface area (Å²) < 4.78 is 0. The van der Waals surface area contributed by atoms with Crippen molar-refractivity contribution in [2.45, 2.75) is 13.3 Å². The first-order valence-electron chi connectivity index (χ1n) is 8.25. The van der Waals surface area contributed by atoms with E-state index in [1.807, 2.05) is 17.0 Å². The number of aryl methyl sites for hydroxylation is 1. The van der Waals surface area contributed by atoms with E-state index in [2.05, 4.69) is 41.2 Å². The minimum atomic E-state index is 0.0155. The standard InChI is InChI=1S/C20H19N3O/c1-14-4-2-3-5-17(14)10-15-12-23(13-15)20(24)18-7-6-16-8-9-21-11-19(16)22-18/h2-9,11,15H,10,12-13H2,1H3. The Morgan fingerprint density at radius 3 is 2.83 bits per heavy atom. The van der Waals surface area contributed by atoms with Crippen LogP contribution in [0.3, 0.4) is 0 Å². The van der Waals surface area contributed by atoms with Crippen molar-refractivity contribution >= 4 is 16.8 Å². The Hall–Kier alpha value is -2.75. The normalized spacial score (nSPS) is 14.6. The lowest BCUT2D eigenvalue weighted by Crippen LogP contribution is -2.51. The molecule has 0 N–H and O–H groups in total. The van der Waals surface area contributed by atoms with Crippen LogP contribution in [0.25, 0.3) is 10.9 Å². The first-order chi connectivity index (χ1) is 11.7. The predicted octanol–water partition coefficient (Wildman–Crippen LogP) is 3.25. The highest BCUT2D eigenvalue weighted by Crippen LogP contribution is 2.24. The van der Waals surface area contributed by atoms with Crippen LogP contribution < -0.4 is 0 Å². The van der Waals surface area contributed by atoms with E-state index in [0.717, 1.165) is 30.4 Å². The van der Waals surface area contributed by atoms with Gasteiger partial charge in [-0.1, -0.05) is 30.3 Å². The van der Waals surface area contributed by atoms with Gasteiger partial charge in [-0.15, -0.1) is 0 Å². The predicted molar refractivity (Wildman–Crippen MR) is 93.8 cm³/mol. The number of rotatable bonds is 3. The van der Waals surface area contributed by atoms with E-state index < -0.39 is 0 Å². The number of fused-ring (bicyclic) bond motifs is 1. The van der Waals surface area contributed by atoms with E-state index in [0.29, 0.717) is 11.6 Å². The maximum Gasteiger partial charge on any atom is 0.272 e. The van der Waals surface area contributed by atoms with Crippen molar-refractivity contribution in [3.63, 3.8) is 0 Å². The summed E-state index contributed by atoms with van der Waals surface area (Å²) in [7, 11) is 0. The van der Waals surface area contributed by atoms with Crippen LogP contribution in [0, 0.1) is 12.8 Å². The van der Waals surface area contributed by atoms with Gasteiger partial charge in [-0.25, -0.2) is 4.98 Å². The van der Waals surface area contributed by atoms with Crippen LogP contribution in [-0.2, 0) is 6.42 Å². The third kappa shape index (κ3) is 2.75. The van der Waals surface area contributed by atoms with Gasteiger partial charge in [0.1, 0.15) is 5.69 Å². The summed E-state index contributed by atoms with van der Waals surface area (Å²) in [5.74, 6) is 0.555. The molecule has 4 rings (SSSR count). The van der Waals surface area contributed by atoms with Gasteiger partial charge in [0.25, 0.3) is 5.91 Å². The zero-order valence-electron chi connectivity index (χ0n) is 13.6. The summed E-state index contributed by atoms with van der Waals surface area (Å²) >= 11 is 0. The Kier molecular flexibility index (Phi) is 3.73. The quantitative estimate of drug-likeness (QED) is 0.745. The van der Waals surface area contributed by atoms with Crippen LogP contribution in [0.1, 0.15) is 21.6 Å². The number of benzene rings is 1. The number of hydrogen-bond acceptors (Lipinski definition) is 3. The molecule has 0 saturated carbocycles. The smallest absolute Gasteiger partial charge is 0.272 e. The van der Waals surface area contributed by atoms with E-state index in [1.165, 1.54) is 11.1 Å². The van der Waals surface area contributed by atoms with Gasteiger partial charge in [0.2, 0.25) is 0 Å². The topological polar surface area (TPSA) is 46.1 Å².